The van der Waals surface area contributed by atoms with Crippen LogP contribution in [0.15, 0.2) is 30.3 Å². The van der Waals surface area contributed by atoms with Crippen molar-refractivity contribution in [3.05, 3.63) is 35.9 Å². The van der Waals surface area contributed by atoms with Crippen molar-refractivity contribution in [2.75, 3.05) is 13.2 Å². The summed E-state index contributed by atoms with van der Waals surface area (Å²) in [5.41, 5.74) is 0.690. The Labute approximate surface area is 127 Å². The molecule has 1 aromatic rings. The molecule has 0 aliphatic heterocycles. The molecule has 3 heteroatoms. The van der Waals surface area contributed by atoms with Gasteiger partial charge in [0, 0.05) is 6.04 Å². The van der Waals surface area contributed by atoms with Crippen LogP contribution in [0.1, 0.15) is 50.5 Å². The Morgan fingerprint density at radius 1 is 1.05 bits per heavy atom. The van der Waals surface area contributed by atoms with Crippen molar-refractivity contribution in [2.45, 2.75) is 62.6 Å². The van der Waals surface area contributed by atoms with Gasteiger partial charge in [0.2, 0.25) is 0 Å². The van der Waals surface area contributed by atoms with E-state index in [-0.39, 0.29) is 6.61 Å². The van der Waals surface area contributed by atoms with Gasteiger partial charge in [0.25, 0.3) is 0 Å². The zero-order chi connectivity index (χ0) is 14.5. The summed E-state index contributed by atoms with van der Waals surface area (Å²) >= 11 is 0. The topological polar surface area (TPSA) is 41.5 Å². The van der Waals surface area contributed by atoms with Gasteiger partial charge in [-0.05, 0) is 31.2 Å². The maximum atomic E-state index is 10.1. The van der Waals surface area contributed by atoms with Crippen molar-refractivity contribution < 1.29 is 9.84 Å². The average molecular weight is 289 g/mol. The van der Waals surface area contributed by atoms with Gasteiger partial charge in [-0.15, -0.1) is 0 Å². The molecule has 3 nitrogen and oxygen atoms in total. The largest absolute Gasteiger partial charge is 0.394 e. The molecule has 0 amide bonds. The first-order valence-corrected chi connectivity index (χ1v) is 8.38. The van der Waals surface area contributed by atoms with Crippen molar-refractivity contribution in [1.29, 1.82) is 0 Å². The van der Waals surface area contributed by atoms with Gasteiger partial charge in [0.05, 0.1) is 24.9 Å². The highest BCUT2D eigenvalue weighted by Gasteiger charge is 2.38. The summed E-state index contributed by atoms with van der Waals surface area (Å²) in [4.78, 5) is 0. The minimum absolute atomic E-state index is 0.0836. The summed E-state index contributed by atoms with van der Waals surface area (Å²) < 4.78 is 6.20. The number of aliphatic hydroxyl groups excluding tert-OH is 1. The maximum Gasteiger partial charge on any atom is 0.0908 e. The van der Waals surface area contributed by atoms with Gasteiger partial charge >= 0.3 is 0 Å². The van der Waals surface area contributed by atoms with Crippen molar-refractivity contribution in [3.63, 3.8) is 0 Å². The number of hydrogen-bond donors (Lipinski definition) is 2. The molecule has 0 aromatic heterocycles. The summed E-state index contributed by atoms with van der Waals surface area (Å²) in [5.74, 6) is 0. The monoisotopic (exact) mass is 289 g/mol. The standard InChI is InChI=1S/C18H27NO2/c20-13-18(19-16-11-12-16,15-7-3-1-4-8-15)14-21-17-9-5-2-6-10-17/h1,3-4,7-8,16-17,19-20H,2,5-6,9-14H2. The number of hydrogen-bond acceptors (Lipinski definition) is 3. The zero-order valence-electron chi connectivity index (χ0n) is 12.8. The first-order chi connectivity index (χ1) is 10.3. The summed E-state index contributed by atoms with van der Waals surface area (Å²) in [5, 5.41) is 13.7. The van der Waals surface area contributed by atoms with Crippen LogP contribution in [-0.4, -0.2) is 30.5 Å². The number of ether oxygens (including phenoxy) is 1. The van der Waals surface area contributed by atoms with Crippen LogP contribution in [0.25, 0.3) is 0 Å². The van der Waals surface area contributed by atoms with E-state index in [4.69, 9.17) is 4.74 Å². The third-order valence-corrected chi connectivity index (χ3v) is 4.77. The summed E-state index contributed by atoms with van der Waals surface area (Å²) in [7, 11) is 0. The van der Waals surface area contributed by atoms with E-state index < -0.39 is 5.54 Å². The van der Waals surface area contributed by atoms with Crippen LogP contribution in [0, 0.1) is 0 Å². The molecule has 0 spiro atoms. The fourth-order valence-corrected chi connectivity index (χ4v) is 3.26. The Morgan fingerprint density at radius 3 is 2.38 bits per heavy atom. The van der Waals surface area contributed by atoms with E-state index in [1.54, 1.807) is 0 Å². The third-order valence-electron chi connectivity index (χ3n) is 4.77. The molecule has 0 radical (unpaired) electrons. The van der Waals surface area contributed by atoms with Crippen LogP contribution < -0.4 is 5.32 Å². The highest BCUT2D eigenvalue weighted by molar-refractivity contribution is 5.25. The summed E-state index contributed by atoms with van der Waals surface area (Å²) in [6.07, 6.45) is 9.00. The Morgan fingerprint density at radius 2 is 1.76 bits per heavy atom. The van der Waals surface area contributed by atoms with Crippen LogP contribution >= 0.6 is 0 Å². The molecule has 2 fully saturated rings. The smallest absolute Gasteiger partial charge is 0.0908 e. The van der Waals surface area contributed by atoms with Gasteiger partial charge < -0.3 is 15.2 Å². The van der Waals surface area contributed by atoms with Crippen molar-refractivity contribution in [3.8, 4) is 0 Å². The van der Waals surface area contributed by atoms with Gasteiger partial charge in [0.15, 0.2) is 0 Å². The van der Waals surface area contributed by atoms with E-state index in [0.717, 1.165) is 5.56 Å². The lowest BCUT2D eigenvalue weighted by atomic mass is 9.90. The molecular weight excluding hydrogens is 262 g/mol. The lowest BCUT2D eigenvalue weighted by molar-refractivity contribution is -0.0269. The van der Waals surface area contributed by atoms with E-state index in [1.165, 1.54) is 44.9 Å². The second-order valence-electron chi connectivity index (χ2n) is 6.60. The lowest BCUT2D eigenvalue weighted by Crippen LogP contribution is -2.51. The highest BCUT2D eigenvalue weighted by Crippen LogP contribution is 2.30. The van der Waals surface area contributed by atoms with Gasteiger partial charge in [-0.3, -0.25) is 0 Å². The Hall–Kier alpha value is -0.900. The van der Waals surface area contributed by atoms with E-state index in [1.807, 2.05) is 18.2 Å². The Bertz CT molecular complexity index is 426. The Balaban J connectivity index is 1.71. The molecule has 0 heterocycles. The summed E-state index contributed by atoms with van der Waals surface area (Å²) in [6.45, 7) is 0.648. The van der Waals surface area contributed by atoms with E-state index in [0.29, 0.717) is 18.8 Å². The molecule has 2 aliphatic rings. The maximum absolute atomic E-state index is 10.1. The van der Waals surface area contributed by atoms with E-state index in [2.05, 4.69) is 17.4 Å². The SMILES string of the molecule is OCC(COC1CCCCC1)(NC1CC1)c1ccccc1. The van der Waals surface area contributed by atoms with Crippen molar-refractivity contribution in [2.24, 2.45) is 0 Å². The van der Waals surface area contributed by atoms with Gasteiger partial charge in [-0.2, -0.15) is 0 Å². The number of rotatable bonds is 7. The lowest BCUT2D eigenvalue weighted by Gasteiger charge is -2.36. The molecule has 2 aliphatic carbocycles. The van der Waals surface area contributed by atoms with Crippen molar-refractivity contribution >= 4 is 0 Å². The number of aliphatic hydroxyl groups is 1. The van der Waals surface area contributed by atoms with Gasteiger partial charge in [-0.25, -0.2) is 0 Å². The molecule has 0 bridgehead atoms. The minimum Gasteiger partial charge on any atom is -0.394 e. The predicted octanol–water partition coefficient (Wildman–Crippen LogP) is 2.98. The zero-order valence-corrected chi connectivity index (χ0v) is 12.8. The van der Waals surface area contributed by atoms with E-state index >= 15 is 0 Å². The first-order valence-electron chi connectivity index (χ1n) is 8.38. The molecule has 1 aromatic carbocycles. The van der Waals surface area contributed by atoms with E-state index in [9.17, 15) is 5.11 Å². The number of nitrogens with one attached hydrogen (secondary N) is 1. The molecule has 1 atom stereocenters. The second-order valence-corrected chi connectivity index (χ2v) is 6.60. The average Bonchev–Trinajstić information content (AvgIpc) is 3.37. The minimum atomic E-state index is -0.445. The third kappa shape index (κ3) is 3.85. The molecule has 0 saturated heterocycles. The molecular formula is C18H27NO2. The molecule has 116 valence electrons. The molecule has 2 saturated carbocycles. The normalized spacial score (nSPS) is 22.9. The van der Waals surface area contributed by atoms with Crippen molar-refractivity contribution in [1.82, 2.24) is 5.32 Å². The second kappa shape index (κ2) is 6.91. The van der Waals surface area contributed by atoms with Gasteiger partial charge in [-0.1, -0.05) is 49.6 Å². The van der Waals surface area contributed by atoms with Crippen LogP contribution in [0.3, 0.4) is 0 Å². The number of benzene rings is 1. The molecule has 3 rings (SSSR count). The van der Waals surface area contributed by atoms with Crippen LogP contribution in [0.5, 0.6) is 0 Å². The Kier molecular flexibility index (Phi) is 4.94. The predicted molar refractivity (Wildman–Crippen MR) is 84.2 cm³/mol. The molecule has 2 N–H and O–H groups in total. The first kappa shape index (κ1) is 15.0. The fraction of sp³-hybridized carbons (Fsp3) is 0.667. The van der Waals surface area contributed by atoms with Crippen LogP contribution in [0.2, 0.25) is 0 Å². The fourth-order valence-electron chi connectivity index (χ4n) is 3.26. The van der Waals surface area contributed by atoms with Gasteiger partial charge in [0.1, 0.15) is 0 Å². The quantitative estimate of drug-likeness (QED) is 0.811. The van der Waals surface area contributed by atoms with Crippen LogP contribution in [-0.2, 0) is 10.3 Å². The molecule has 1 unspecified atom stereocenters. The summed E-state index contributed by atoms with van der Waals surface area (Å²) in [6, 6.07) is 10.8. The highest BCUT2D eigenvalue weighted by atomic mass is 16.5. The van der Waals surface area contributed by atoms with Crippen LogP contribution in [0.4, 0.5) is 0 Å². The molecule has 21 heavy (non-hydrogen) atoms.